The Hall–Kier alpha value is -0.790. The zero-order chi connectivity index (χ0) is 14.6. The molecule has 0 aromatic carbocycles. The standard InChI is InChI=1S/C13H21NO5S/c1-9(15)14-11(12(16)17)7-20-10-2-4-19-13(6-10)3-5-18-8-13/h10-11H,2-8H2,1H3,(H,14,15)(H,16,17). The van der Waals surface area contributed by atoms with Gasteiger partial charge in [0.1, 0.15) is 6.04 Å². The van der Waals surface area contributed by atoms with Gasteiger partial charge in [0, 0.05) is 37.6 Å². The molecule has 2 saturated heterocycles. The van der Waals surface area contributed by atoms with Crippen LogP contribution in [0, 0.1) is 0 Å². The van der Waals surface area contributed by atoms with Crippen LogP contribution in [0.1, 0.15) is 26.2 Å². The minimum absolute atomic E-state index is 0.164. The lowest BCUT2D eigenvalue weighted by Gasteiger charge is -2.37. The number of carbonyl (C=O) groups excluding carboxylic acids is 1. The summed E-state index contributed by atoms with van der Waals surface area (Å²) in [6, 6.07) is -0.823. The lowest BCUT2D eigenvalue weighted by atomic mass is 9.93. The van der Waals surface area contributed by atoms with Gasteiger partial charge in [-0.2, -0.15) is 11.8 Å². The zero-order valence-electron chi connectivity index (χ0n) is 11.6. The first-order chi connectivity index (χ1) is 9.51. The van der Waals surface area contributed by atoms with E-state index in [4.69, 9.17) is 14.6 Å². The number of aliphatic carboxylic acids is 1. The molecule has 20 heavy (non-hydrogen) atoms. The predicted octanol–water partition coefficient (Wildman–Crippen LogP) is 0.647. The van der Waals surface area contributed by atoms with E-state index in [1.165, 1.54) is 6.92 Å². The first-order valence-corrected chi connectivity index (χ1v) is 7.89. The van der Waals surface area contributed by atoms with Gasteiger partial charge < -0.3 is 19.9 Å². The molecule has 1 amide bonds. The van der Waals surface area contributed by atoms with E-state index >= 15 is 0 Å². The molecular formula is C13H21NO5S. The highest BCUT2D eigenvalue weighted by Gasteiger charge is 2.41. The molecule has 2 rings (SSSR count). The summed E-state index contributed by atoms with van der Waals surface area (Å²) >= 11 is 1.61. The third-order valence-corrected chi connectivity index (χ3v) is 5.09. The SMILES string of the molecule is CC(=O)NC(CSC1CCOC2(CCOC2)C1)C(=O)O. The normalized spacial score (nSPS) is 31.1. The van der Waals surface area contributed by atoms with E-state index in [-0.39, 0.29) is 11.5 Å². The first kappa shape index (κ1) is 15.6. The fourth-order valence-electron chi connectivity index (χ4n) is 2.64. The van der Waals surface area contributed by atoms with E-state index in [0.717, 1.165) is 25.9 Å². The fourth-order valence-corrected chi connectivity index (χ4v) is 4.02. The van der Waals surface area contributed by atoms with E-state index in [0.29, 0.717) is 24.2 Å². The van der Waals surface area contributed by atoms with Crippen molar-refractivity contribution in [3.05, 3.63) is 0 Å². The molecule has 7 heteroatoms. The van der Waals surface area contributed by atoms with E-state index < -0.39 is 12.0 Å². The number of carboxylic acids is 1. The molecule has 2 aliphatic heterocycles. The number of ether oxygens (including phenoxy) is 2. The average Bonchev–Trinajstić information content (AvgIpc) is 2.82. The van der Waals surface area contributed by atoms with Gasteiger partial charge in [-0.1, -0.05) is 0 Å². The van der Waals surface area contributed by atoms with Crippen LogP contribution in [0.4, 0.5) is 0 Å². The quantitative estimate of drug-likeness (QED) is 0.775. The third-order valence-electron chi connectivity index (χ3n) is 3.69. The van der Waals surface area contributed by atoms with Crippen molar-refractivity contribution >= 4 is 23.6 Å². The Labute approximate surface area is 122 Å². The maximum Gasteiger partial charge on any atom is 0.327 e. The predicted molar refractivity (Wildman–Crippen MR) is 74.8 cm³/mol. The molecule has 6 nitrogen and oxygen atoms in total. The fraction of sp³-hybridized carbons (Fsp3) is 0.846. The first-order valence-electron chi connectivity index (χ1n) is 6.84. The molecule has 1 spiro atoms. The van der Waals surface area contributed by atoms with Crippen LogP contribution in [0.2, 0.25) is 0 Å². The van der Waals surface area contributed by atoms with Crippen molar-refractivity contribution in [1.82, 2.24) is 5.32 Å². The minimum atomic E-state index is -0.987. The number of hydrogen-bond donors (Lipinski definition) is 2. The van der Waals surface area contributed by atoms with Crippen LogP contribution >= 0.6 is 11.8 Å². The molecule has 0 bridgehead atoms. The highest BCUT2D eigenvalue weighted by atomic mass is 32.2. The van der Waals surface area contributed by atoms with Gasteiger partial charge in [0.15, 0.2) is 0 Å². The molecule has 2 N–H and O–H groups in total. The topological polar surface area (TPSA) is 84.9 Å². The van der Waals surface area contributed by atoms with Crippen molar-refractivity contribution in [2.24, 2.45) is 0 Å². The van der Waals surface area contributed by atoms with Crippen molar-refractivity contribution in [3.63, 3.8) is 0 Å². The van der Waals surface area contributed by atoms with Crippen LogP contribution in [0.15, 0.2) is 0 Å². The number of hydrogen-bond acceptors (Lipinski definition) is 5. The molecule has 2 fully saturated rings. The summed E-state index contributed by atoms with van der Waals surface area (Å²) in [6.45, 7) is 3.40. The second-order valence-electron chi connectivity index (χ2n) is 5.37. The molecule has 2 heterocycles. The molecular weight excluding hydrogens is 282 g/mol. The van der Waals surface area contributed by atoms with Gasteiger partial charge in [0.25, 0.3) is 0 Å². The monoisotopic (exact) mass is 303 g/mol. The molecule has 0 aromatic heterocycles. The number of thioether (sulfide) groups is 1. The summed E-state index contributed by atoms with van der Waals surface area (Å²) in [5.41, 5.74) is -0.164. The Morgan fingerprint density at radius 2 is 2.30 bits per heavy atom. The second-order valence-corrected chi connectivity index (χ2v) is 6.71. The smallest absolute Gasteiger partial charge is 0.327 e. The van der Waals surface area contributed by atoms with E-state index in [2.05, 4.69) is 5.32 Å². The maximum atomic E-state index is 11.1. The minimum Gasteiger partial charge on any atom is -0.480 e. The molecule has 0 saturated carbocycles. The van der Waals surface area contributed by atoms with E-state index in [9.17, 15) is 9.59 Å². The van der Waals surface area contributed by atoms with Gasteiger partial charge in [0.2, 0.25) is 5.91 Å². The maximum absolute atomic E-state index is 11.1. The van der Waals surface area contributed by atoms with Gasteiger partial charge in [-0.15, -0.1) is 0 Å². The number of amides is 1. The molecule has 0 aliphatic carbocycles. The number of rotatable bonds is 5. The highest BCUT2D eigenvalue weighted by Crippen LogP contribution is 2.37. The van der Waals surface area contributed by atoms with Crippen molar-refractivity contribution in [2.45, 2.75) is 43.1 Å². The third kappa shape index (κ3) is 4.10. The van der Waals surface area contributed by atoms with Crippen molar-refractivity contribution in [2.75, 3.05) is 25.6 Å². The van der Waals surface area contributed by atoms with Crippen LogP contribution in [0.25, 0.3) is 0 Å². The summed E-state index contributed by atoms with van der Waals surface area (Å²) in [4.78, 5) is 22.1. The van der Waals surface area contributed by atoms with E-state index in [1.807, 2.05) is 0 Å². The van der Waals surface area contributed by atoms with Gasteiger partial charge >= 0.3 is 5.97 Å². The number of carboxylic acid groups (broad SMARTS) is 1. The Kier molecular flexibility index (Phi) is 5.29. The summed E-state index contributed by atoms with van der Waals surface area (Å²) in [6.07, 6.45) is 2.72. The summed E-state index contributed by atoms with van der Waals surface area (Å²) in [5, 5.41) is 11.9. The Bertz CT molecular complexity index is 370. The largest absolute Gasteiger partial charge is 0.480 e. The van der Waals surface area contributed by atoms with Gasteiger partial charge in [-0.05, 0) is 12.8 Å². The second kappa shape index (κ2) is 6.78. The van der Waals surface area contributed by atoms with Crippen molar-refractivity contribution < 1.29 is 24.2 Å². The zero-order valence-corrected chi connectivity index (χ0v) is 12.4. The van der Waals surface area contributed by atoms with Crippen molar-refractivity contribution in [1.29, 1.82) is 0 Å². The summed E-state index contributed by atoms with van der Waals surface area (Å²) in [5.74, 6) is -0.916. The Morgan fingerprint density at radius 3 is 2.90 bits per heavy atom. The van der Waals surface area contributed by atoms with Crippen LogP contribution in [-0.4, -0.2) is 59.4 Å². The molecule has 2 aliphatic rings. The van der Waals surface area contributed by atoms with Gasteiger partial charge in [-0.25, -0.2) is 4.79 Å². The molecule has 0 radical (unpaired) electrons. The average molecular weight is 303 g/mol. The lowest BCUT2D eigenvalue weighted by molar-refractivity contribution is -0.140. The molecule has 0 aromatic rings. The molecule has 3 atom stereocenters. The summed E-state index contributed by atoms with van der Waals surface area (Å²) < 4.78 is 11.3. The summed E-state index contributed by atoms with van der Waals surface area (Å²) in [7, 11) is 0. The van der Waals surface area contributed by atoms with Gasteiger partial charge in [-0.3, -0.25) is 4.79 Å². The molecule has 114 valence electrons. The van der Waals surface area contributed by atoms with Crippen LogP contribution < -0.4 is 5.32 Å². The lowest BCUT2D eigenvalue weighted by Crippen LogP contribution is -2.44. The Morgan fingerprint density at radius 1 is 1.50 bits per heavy atom. The Balaban J connectivity index is 1.83. The van der Waals surface area contributed by atoms with Crippen LogP contribution in [0.5, 0.6) is 0 Å². The number of carbonyl (C=O) groups is 2. The van der Waals surface area contributed by atoms with Crippen LogP contribution in [0.3, 0.4) is 0 Å². The van der Waals surface area contributed by atoms with Gasteiger partial charge in [0.05, 0.1) is 12.2 Å². The van der Waals surface area contributed by atoms with E-state index in [1.54, 1.807) is 11.8 Å². The number of nitrogens with one attached hydrogen (secondary N) is 1. The highest BCUT2D eigenvalue weighted by molar-refractivity contribution is 8.00. The molecule has 3 unspecified atom stereocenters. The van der Waals surface area contributed by atoms with Crippen LogP contribution in [-0.2, 0) is 19.1 Å². The van der Waals surface area contributed by atoms with Crippen molar-refractivity contribution in [3.8, 4) is 0 Å².